The van der Waals surface area contributed by atoms with Gasteiger partial charge < -0.3 is 10.4 Å². The number of anilines is 1. The largest absolute Gasteiger partial charge is 0.507 e. The highest BCUT2D eigenvalue weighted by Gasteiger charge is 2.15. The molecule has 0 radical (unpaired) electrons. The van der Waals surface area contributed by atoms with Gasteiger partial charge in [-0.1, -0.05) is 38.1 Å². The van der Waals surface area contributed by atoms with Crippen molar-refractivity contribution >= 4 is 33.2 Å². The first-order valence-corrected chi connectivity index (χ1v) is 13.2. The van der Waals surface area contributed by atoms with Crippen molar-refractivity contribution < 1.29 is 18.3 Å². The molecule has 168 valence electrons. The Morgan fingerprint density at radius 1 is 1.00 bits per heavy atom. The second-order valence-electron chi connectivity index (χ2n) is 7.93. The highest BCUT2D eigenvalue weighted by molar-refractivity contribution is 7.99. The first kappa shape index (κ1) is 23.9. The fourth-order valence-corrected chi connectivity index (χ4v) is 4.84. The first-order chi connectivity index (χ1) is 15.1. The second kappa shape index (κ2) is 10.2. The third-order valence-electron chi connectivity index (χ3n) is 5.04. The molecule has 0 heterocycles. The number of amides is 1. The summed E-state index contributed by atoms with van der Waals surface area (Å²) in [5.41, 5.74) is 3.41. The lowest BCUT2D eigenvalue weighted by molar-refractivity contribution is 0.102. The van der Waals surface area contributed by atoms with E-state index in [1.165, 1.54) is 29.3 Å². The van der Waals surface area contributed by atoms with E-state index >= 15 is 0 Å². The number of carbonyl (C=O) groups is 1. The number of thioether (sulfide) groups is 1. The fraction of sp³-hybridized carbons (Fsp3) is 0.240. The smallest absolute Gasteiger partial charge is 0.255 e. The highest BCUT2D eigenvalue weighted by Crippen LogP contribution is 2.26. The van der Waals surface area contributed by atoms with Gasteiger partial charge in [-0.25, -0.2) is 8.42 Å². The Hall–Kier alpha value is -2.77. The maximum absolute atomic E-state index is 12.5. The van der Waals surface area contributed by atoms with E-state index in [1.807, 2.05) is 12.1 Å². The quantitative estimate of drug-likeness (QED) is 0.336. The van der Waals surface area contributed by atoms with Crippen LogP contribution < -0.4 is 5.32 Å². The average Bonchev–Trinajstić information content (AvgIpc) is 2.75. The number of aromatic hydroxyl groups is 1. The topological polar surface area (TPSA) is 83.5 Å². The van der Waals surface area contributed by atoms with Crippen LogP contribution in [0.15, 0.2) is 76.5 Å². The fourth-order valence-electron chi connectivity index (χ4n) is 3.15. The standard InChI is InChI=1S/C25H27NO4S2/c1-17(2)19-6-4-18(5-7-19)14-15-31-22-11-8-20(9-12-22)25(28)26-21-10-13-23(27)24(16-21)32(3,29)30/h4-13,16-17,27H,14-15H2,1-3H3,(H,26,28). The van der Waals surface area contributed by atoms with Crippen molar-refractivity contribution in [1.82, 2.24) is 0 Å². The normalized spacial score (nSPS) is 11.5. The number of hydrogen-bond donors (Lipinski definition) is 2. The van der Waals surface area contributed by atoms with Crippen molar-refractivity contribution in [2.24, 2.45) is 0 Å². The lowest BCUT2D eigenvalue weighted by atomic mass is 10.0. The third-order valence-corrected chi connectivity index (χ3v) is 7.18. The maximum atomic E-state index is 12.5. The molecule has 0 aliphatic heterocycles. The van der Waals surface area contributed by atoms with E-state index in [9.17, 15) is 18.3 Å². The lowest BCUT2D eigenvalue weighted by Crippen LogP contribution is -2.12. The van der Waals surface area contributed by atoms with Gasteiger partial charge in [0.1, 0.15) is 10.6 Å². The summed E-state index contributed by atoms with van der Waals surface area (Å²) in [5, 5.41) is 12.4. The Morgan fingerprint density at radius 3 is 2.25 bits per heavy atom. The molecular formula is C25H27NO4S2. The zero-order valence-electron chi connectivity index (χ0n) is 18.3. The van der Waals surface area contributed by atoms with Gasteiger partial charge >= 0.3 is 0 Å². The molecule has 2 N–H and O–H groups in total. The van der Waals surface area contributed by atoms with Gasteiger partial charge in [0.25, 0.3) is 5.91 Å². The summed E-state index contributed by atoms with van der Waals surface area (Å²) in [6.45, 7) is 4.37. The van der Waals surface area contributed by atoms with Crippen LogP contribution >= 0.6 is 11.8 Å². The molecule has 7 heteroatoms. The molecule has 0 spiro atoms. The monoisotopic (exact) mass is 469 g/mol. The average molecular weight is 470 g/mol. The van der Waals surface area contributed by atoms with E-state index in [1.54, 1.807) is 23.9 Å². The van der Waals surface area contributed by atoms with Gasteiger partial charge in [-0.2, -0.15) is 0 Å². The summed E-state index contributed by atoms with van der Waals surface area (Å²) in [6, 6.07) is 20.0. The summed E-state index contributed by atoms with van der Waals surface area (Å²) in [4.78, 5) is 13.4. The van der Waals surface area contributed by atoms with Crippen LogP contribution in [0.25, 0.3) is 0 Å². The molecule has 0 fully saturated rings. The van der Waals surface area contributed by atoms with Crippen LogP contribution in [0.1, 0.15) is 41.3 Å². The number of carbonyl (C=O) groups excluding carboxylic acids is 1. The number of benzene rings is 3. The van der Waals surface area contributed by atoms with Crippen molar-refractivity contribution in [3.63, 3.8) is 0 Å². The molecule has 5 nitrogen and oxygen atoms in total. The zero-order chi connectivity index (χ0) is 23.3. The summed E-state index contributed by atoms with van der Waals surface area (Å²) >= 11 is 1.73. The number of phenolic OH excluding ortho intramolecular Hbond substituents is 1. The number of phenols is 1. The van der Waals surface area contributed by atoms with Crippen LogP contribution in [0, 0.1) is 0 Å². The molecule has 3 rings (SSSR count). The Bertz CT molecular complexity index is 1190. The molecule has 0 atom stereocenters. The molecule has 0 saturated carbocycles. The van der Waals surface area contributed by atoms with E-state index in [0.717, 1.165) is 23.3 Å². The van der Waals surface area contributed by atoms with E-state index in [0.29, 0.717) is 17.2 Å². The number of rotatable bonds is 8. The van der Waals surface area contributed by atoms with Gasteiger partial charge in [0.15, 0.2) is 9.84 Å². The van der Waals surface area contributed by atoms with E-state index in [-0.39, 0.29) is 16.6 Å². The predicted molar refractivity (Wildman–Crippen MR) is 131 cm³/mol. The summed E-state index contributed by atoms with van der Waals surface area (Å²) < 4.78 is 23.5. The number of nitrogens with one attached hydrogen (secondary N) is 1. The summed E-state index contributed by atoms with van der Waals surface area (Å²) in [6.07, 6.45) is 1.97. The number of hydrogen-bond acceptors (Lipinski definition) is 5. The molecule has 0 bridgehead atoms. The number of sulfone groups is 1. The molecule has 0 aliphatic rings. The van der Waals surface area contributed by atoms with Gasteiger partial charge in [-0.15, -0.1) is 11.8 Å². The van der Waals surface area contributed by atoms with Crippen molar-refractivity contribution in [2.75, 3.05) is 17.3 Å². The van der Waals surface area contributed by atoms with Crippen LogP contribution in [-0.2, 0) is 16.3 Å². The van der Waals surface area contributed by atoms with Crippen molar-refractivity contribution in [1.29, 1.82) is 0 Å². The van der Waals surface area contributed by atoms with Gasteiger partial charge in [-0.05, 0) is 65.9 Å². The van der Waals surface area contributed by atoms with Gasteiger partial charge in [-0.3, -0.25) is 4.79 Å². The van der Waals surface area contributed by atoms with E-state index in [2.05, 4.69) is 43.4 Å². The summed E-state index contributed by atoms with van der Waals surface area (Å²) in [5.74, 6) is 0.776. The van der Waals surface area contributed by atoms with E-state index < -0.39 is 9.84 Å². The zero-order valence-corrected chi connectivity index (χ0v) is 20.0. The predicted octanol–water partition coefficient (Wildman–Crippen LogP) is 5.51. The Balaban J connectivity index is 1.56. The van der Waals surface area contributed by atoms with Gasteiger partial charge in [0.2, 0.25) is 0 Å². The number of aryl methyl sites for hydroxylation is 1. The SMILES string of the molecule is CC(C)c1ccc(CCSc2ccc(C(=O)Nc3ccc(O)c(S(C)(=O)=O)c3)cc2)cc1. The van der Waals surface area contributed by atoms with Crippen molar-refractivity contribution in [3.05, 3.63) is 83.4 Å². The Morgan fingerprint density at radius 2 is 1.66 bits per heavy atom. The third kappa shape index (κ3) is 6.37. The van der Waals surface area contributed by atoms with Crippen molar-refractivity contribution in [2.45, 2.75) is 36.0 Å². The minimum Gasteiger partial charge on any atom is -0.507 e. The molecular weight excluding hydrogens is 442 g/mol. The minimum absolute atomic E-state index is 0.221. The van der Waals surface area contributed by atoms with Crippen LogP contribution in [0.2, 0.25) is 0 Å². The second-order valence-corrected chi connectivity index (χ2v) is 11.1. The molecule has 0 aromatic heterocycles. The van der Waals surface area contributed by atoms with Crippen LogP contribution in [0.3, 0.4) is 0 Å². The molecule has 0 unspecified atom stereocenters. The maximum Gasteiger partial charge on any atom is 0.255 e. The molecule has 0 aliphatic carbocycles. The lowest BCUT2D eigenvalue weighted by Gasteiger charge is -2.09. The highest BCUT2D eigenvalue weighted by atomic mass is 32.2. The molecule has 3 aromatic carbocycles. The summed E-state index contributed by atoms with van der Waals surface area (Å²) in [7, 11) is -3.60. The minimum atomic E-state index is -3.60. The molecule has 1 amide bonds. The van der Waals surface area contributed by atoms with Gasteiger partial charge in [0.05, 0.1) is 0 Å². The molecule has 3 aromatic rings. The first-order valence-electron chi connectivity index (χ1n) is 10.3. The van der Waals surface area contributed by atoms with Crippen LogP contribution in [0.5, 0.6) is 5.75 Å². The molecule has 0 saturated heterocycles. The van der Waals surface area contributed by atoms with Crippen molar-refractivity contribution in [3.8, 4) is 5.75 Å². The van der Waals surface area contributed by atoms with Gasteiger partial charge in [0, 0.05) is 28.2 Å². The van der Waals surface area contributed by atoms with E-state index in [4.69, 9.17) is 0 Å². The molecule has 32 heavy (non-hydrogen) atoms. The van der Waals surface area contributed by atoms with Crippen LogP contribution in [0.4, 0.5) is 5.69 Å². The van der Waals surface area contributed by atoms with Crippen LogP contribution in [-0.4, -0.2) is 31.4 Å². The Kier molecular flexibility index (Phi) is 7.64. The Labute approximate surface area is 193 Å².